The summed E-state index contributed by atoms with van der Waals surface area (Å²) in [4.78, 5) is 34.9. The molecule has 0 heterocycles. The van der Waals surface area contributed by atoms with Crippen molar-refractivity contribution in [1.29, 1.82) is 0 Å². The Morgan fingerprint density at radius 2 is 1.12 bits per heavy atom. The molecule has 11 heteroatoms. The number of unbranched alkanes of at least 4 members (excludes halogenated alkanes) is 14. The quantitative estimate of drug-likeness (QED) is 0.0180. The lowest BCUT2D eigenvalue weighted by Gasteiger charge is -2.20. The average molecular weight is 808 g/mol. The molecule has 0 radical (unpaired) electrons. The van der Waals surface area contributed by atoms with Gasteiger partial charge in [0.1, 0.15) is 6.61 Å². The van der Waals surface area contributed by atoms with Crippen LogP contribution in [0.15, 0.2) is 72.9 Å². The van der Waals surface area contributed by atoms with Gasteiger partial charge >= 0.3 is 19.8 Å². The van der Waals surface area contributed by atoms with Crippen LogP contribution in [0.5, 0.6) is 0 Å². The van der Waals surface area contributed by atoms with E-state index in [-0.39, 0.29) is 39.0 Å². The third-order valence-corrected chi connectivity index (χ3v) is 9.71. The summed E-state index contributed by atoms with van der Waals surface area (Å²) in [6.45, 7) is 3.33. The lowest BCUT2D eigenvalue weighted by molar-refractivity contribution is -0.161. The van der Waals surface area contributed by atoms with Crippen LogP contribution in [0.1, 0.15) is 162 Å². The molecule has 0 aliphatic heterocycles. The maximum Gasteiger partial charge on any atom is 0.472 e. The molecular weight excluding hydrogens is 729 g/mol. The third kappa shape index (κ3) is 39.6. The van der Waals surface area contributed by atoms with Gasteiger partial charge in [-0.25, -0.2) is 4.57 Å². The number of aliphatic hydroxyl groups excluding tert-OH is 1. The molecule has 0 bridgehead atoms. The Morgan fingerprint density at radius 3 is 1.64 bits per heavy atom. The first-order valence-corrected chi connectivity index (χ1v) is 23.0. The van der Waals surface area contributed by atoms with Crippen LogP contribution in [0.4, 0.5) is 0 Å². The van der Waals surface area contributed by atoms with E-state index in [4.69, 9.17) is 24.3 Å². The summed E-state index contributed by atoms with van der Waals surface area (Å²) in [5, 5.41) is 10.3. The number of phosphoric acid groups is 1. The maximum absolute atomic E-state index is 12.6. The fourth-order valence-corrected chi connectivity index (χ4v) is 6.27. The largest absolute Gasteiger partial charge is 0.472 e. The van der Waals surface area contributed by atoms with Crippen molar-refractivity contribution in [2.75, 3.05) is 26.4 Å². The van der Waals surface area contributed by atoms with Crippen molar-refractivity contribution in [2.24, 2.45) is 5.73 Å². The fourth-order valence-electron chi connectivity index (χ4n) is 5.51. The maximum atomic E-state index is 12.6. The molecule has 10 nitrogen and oxygen atoms in total. The predicted molar refractivity (Wildman–Crippen MR) is 230 cm³/mol. The molecule has 0 saturated carbocycles. The lowest BCUT2D eigenvalue weighted by Crippen LogP contribution is -2.29. The van der Waals surface area contributed by atoms with Crippen molar-refractivity contribution in [2.45, 2.75) is 174 Å². The second-order valence-electron chi connectivity index (χ2n) is 14.0. The zero-order valence-electron chi connectivity index (χ0n) is 35.0. The summed E-state index contributed by atoms with van der Waals surface area (Å²) in [5.41, 5.74) is 5.33. The molecule has 322 valence electrons. The van der Waals surface area contributed by atoms with Gasteiger partial charge < -0.3 is 25.2 Å². The first-order valence-electron chi connectivity index (χ1n) is 21.5. The molecule has 0 rings (SSSR count). The van der Waals surface area contributed by atoms with Crippen molar-refractivity contribution in [1.82, 2.24) is 0 Å². The van der Waals surface area contributed by atoms with Crippen LogP contribution in [0.25, 0.3) is 0 Å². The molecule has 0 saturated heterocycles. The number of phosphoric ester groups is 1. The summed E-state index contributed by atoms with van der Waals surface area (Å²) < 4.78 is 32.6. The van der Waals surface area contributed by atoms with Crippen molar-refractivity contribution in [3.8, 4) is 0 Å². The Balaban J connectivity index is 4.39. The van der Waals surface area contributed by atoms with Crippen molar-refractivity contribution < 1.29 is 42.7 Å². The number of rotatable bonds is 39. The minimum atomic E-state index is -4.43. The van der Waals surface area contributed by atoms with Gasteiger partial charge in [-0.1, -0.05) is 177 Å². The van der Waals surface area contributed by atoms with Crippen molar-refractivity contribution >= 4 is 19.8 Å². The molecule has 4 N–H and O–H groups in total. The van der Waals surface area contributed by atoms with Gasteiger partial charge in [-0.2, -0.15) is 0 Å². The Morgan fingerprint density at radius 1 is 0.625 bits per heavy atom. The van der Waals surface area contributed by atoms with Gasteiger partial charge in [0.25, 0.3) is 0 Å². The molecule has 56 heavy (non-hydrogen) atoms. The molecule has 3 atom stereocenters. The summed E-state index contributed by atoms with van der Waals surface area (Å²) in [7, 11) is -4.43. The molecule has 0 aliphatic carbocycles. The van der Waals surface area contributed by atoms with E-state index >= 15 is 0 Å². The van der Waals surface area contributed by atoms with Crippen LogP contribution in [0, 0.1) is 0 Å². The predicted octanol–water partition coefficient (Wildman–Crippen LogP) is 11.2. The Bertz CT molecular complexity index is 1160. The van der Waals surface area contributed by atoms with Gasteiger partial charge in [-0.05, 0) is 44.9 Å². The number of carbonyl (C=O) groups excluding carboxylic acids is 2. The van der Waals surface area contributed by atoms with Gasteiger partial charge in [-0.15, -0.1) is 0 Å². The van der Waals surface area contributed by atoms with E-state index in [1.165, 1.54) is 70.6 Å². The van der Waals surface area contributed by atoms with E-state index < -0.39 is 38.6 Å². The highest BCUT2D eigenvalue weighted by Gasteiger charge is 2.26. The van der Waals surface area contributed by atoms with Crippen LogP contribution >= 0.6 is 7.82 Å². The highest BCUT2D eigenvalue weighted by Crippen LogP contribution is 2.43. The number of carbonyl (C=O) groups is 2. The molecule has 0 amide bonds. The SMILES string of the molecule is CC/C=C\C/C=C\C/C=C\C/C=C\C/C=C\C=C/C(O)CCC(=O)OC[C@H](COP(=O)(O)OCCN)OC(=O)CCCCCCCCCCCCCCCCC. The molecule has 0 aromatic heterocycles. The molecule has 0 fully saturated rings. The first kappa shape index (κ1) is 53.4. The molecule has 0 aromatic carbocycles. The number of hydrogen-bond acceptors (Lipinski definition) is 9. The second kappa shape index (κ2) is 40.6. The Kier molecular flexibility index (Phi) is 38.7. The van der Waals surface area contributed by atoms with Gasteiger partial charge in [0.15, 0.2) is 6.10 Å². The first-order chi connectivity index (χ1) is 27.2. The van der Waals surface area contributed by atoms with Gasteiger partial charge in [0.2, 0.25) is 0 Å². The van der Waals surface area contributed by atoms with Crippen LogP contribution in [-0.4, -0.2) is 60.5 Å². The zero-order chi connectivity index (χ0) is 41.2. The van der Waals surface area contributed by atoms with Crippen LogP contribution < -0.4 is 5.73 Å². The molecule has 0 aromatic rings. The molecule has 0 spiro atoms. The van der Waals surface area contributed by atoms with Gasteiger partial charge in [0.05, 0.1) is 19.3 Å². The minimum absolute atomic E-state index is 0.0204. The third-order valence-electron chi connectivity index (χ3n) is 8.72. The standard InChI is InChI=1S/C45H78NO9P/c1-3-5-7-9-11-13-15-17-19-21-22-24-26-28-30-32-34-42(47)36-37-44(48)52-40-43(41-54-56(50,51)53-39-38-46)55-45(49)35-33-31-29-27-25-23-20-18-16-14-12-10-8-6-4-2/h5,7,11,13,17,19,22,24,28,30,32,34,42-43,47H,3-4,6,8-10,12,14-16,18,20-21,23,25-27,29,31,33,35-41,46H2,1-2H3,(H,50,51)/b7-5-,13-11-,19-17-,24-22-,30-28-,34-32-/t42?,43-/m1/s1. The lowest BCUT2D eigenvalue weighted by atomic mass is 10.0. The Hall–Kier alpha value is -2.59. The number of allylic oxidation sites excluding steroid dienone is 11. The summed E-state index contributed by atoms with van der Waals surface area (Å²) >= 11 is 0. The van der Waals surface area contributed by atoms with Crippen molar-refractivity contribution in [3.63, 3.8) is 0 Å². The number of aliphatic hydroxyl groups is 1. The van der Waals surface area contributed by atoms with E-state index in [1.54, 1.807) is 12.2 Å². The monoisotopic (exact) mass is 808 g/mol. The number of nitrogens with two attached hydrogens (primary N) is 1. The molecule has 0 aliphatic rings. The smallest absolute Gasteiger partial charge is 0.462 e. The second-order valence-corrected chi connectivity index (χ2v) is 15.5. The fraction of sp³-hybridized carbons (Fsp3) is 0.689. The van der Waals surface area contributed by atoms with Gasteiger partial charge in [-0.3, -0.25) is 18.6 Å². The van der Waals surface area contributed by atoms with Crippen LogP contribution in [0.2, 0.25) is 0 Å². The summed E-state index contributed by atoms with van der Waals surface area (Å²) in [6.07, 6.45) is 45.5. The van der Waals surface area contributed by atoms with E-state index in [2.05, 4.69) is 62.5 Å². The van der Waals surface area contributed by atoms with E-state index in [0.717, 1.165) is 51.4 Å². The number of hydrogen-bond donors (Lipinski definition) is 3. The van der Waals surface area contributed by atoms with Crippen molar-refractivity contribution in [3.05, 3.63) is 72.9 Å². The molecule has 2 unspecified atom stereocenters. The number of esters is 2. The highest BCUT2D eigenvalue weighted by molar-refractivity contribution is 7.47. The van der Waals surface area contributed by atoms with Crippen LogP contribution in [-0.2, 0) is 32.7 Å². The Labute approximate surface area is 340 Å². The van der Waals surface area contributed by atoms with Gasteiger partial charge in [0, 0.05) is 19.4 Å². The number of ether oxygens (including phenoxy) is 2. The normalized spacial score (nSPS) is 14.6. The summed E-state index contributed by atoms with van der Waals surface area (Å²) in [5.74, 6) is -1.11. The topological polar surface area (TPSA) is 155 Å². The highest BCUT2D eigenvalue weighted by atomic mass is 31.2. The molecular formula is C45H78NO9P. The van der Waals surface area contributed by atoms with E-state index in [1.807, 2.05) is 12.2 Å². The minimum Gasteiger partial charge on any atom is -0.462 e. The zero-order valence-corrected chi connectivity index (χ0v) is 35.8. The summed E-state index contributed by atoms with van der Waals surface area (Å²) in [6, 6.07) is 0. The van der Waals surface area contributed by atoms with E-state index in [9.17, 15) is 24.2 Å². The average Bonchev–Trinajstić information content (AvgIpc) is 3.18. The van der Waals surface area contributed by atoms with E-state index in [0.29, 0.717) is 6.42 Å². The van der Waals surface area contributed by atoms with Crippen LogP contribution in [0.3, 0.4) is 0 Å².